The Kier molecular flexibility index (Phi) is 2.89. The van der Waals surface area contributed by atoms with Crippen molar-refractivity contribution in [2.24, 2.45) is 0 Å². The lowest BCUT2D eigenvalue weighted by Crippen LogP contribution is -2.55. The summed E-state index contributed by atoms with van der Waals surface area (Å²) in [6.07, 6.45) is 8.42. The molecule has 2 heteroatoms. The van der Waals surface area contributed by atoms with Crippen molar-refractivity contribution in [2.45, 2.75) is 44.1 Å². The number of likely N-dealkylation sites (N-methyl/N-ethyl adjacent to an activating group) is 1. The summed E-state index contributed by atoms with van der Waals surface area (Å²) in [4.78, 5) is 2.49. The molecule has 0 radical (unpaired) electrons. The van der Waals surface area contributed by atoms with Crippen molar-refractivity contribution >= 4 is 0 Å². The summed E-state index contributed by atoms with van der Waals surface area (Å²) >= 11 is 0. The highest BCUT2D eigenvalue weighted by Gasteiger charge is 2.33. The maximum atomic E-state index is 3.79. The number of piperidine rings is 1. The van der Waals surface area contributed by atoms with Gasteiger partial charge >= 0.3 is 0 Å². The lowest BCUT2D eigenvalue weighted by Gasteiger charge is -2.41. The molecular weight excluding hydrogens is 160 g/mol. The summed E-state index contributed by atoms with van der Waals surface area (Å²) in [6, 6.07) is 0. The monoisotopic (exact) mass is 182 g/mol. The van der Waals surface area contributed by atoms with E-state index in [4.69, 9.17) is 0 Å². The van der Waals surface area contributed by atoms with Crippen LogP contribution in [0.3, 0.4) is 0 Å². The molecule has 13 heavy (non-hydrogen) atoms. The van der Waals surface area contributed by atoms with Crippen molar-refractivity contribution in [2.75, 3.05) is 26.7 Å². The molecule has 2 fully saturated rings. The zero-order chi connectivity index (χ0) is 9.15. The first-order valence-corrected chi connectivity index (χ1v) is 5.74. The Hall–Kier alpha value is -0.0800. The van der Waals surface area contributed by atoms with Gasteiger partial charge < -0.3 is 10.2 Å². The van der Waals surface area contributed by atoms with E-state index in [0.29, 0.717) is 5.54 Å². The third-order valence-electron chi connectivity index (χ3n) is 3.60. The predicted octanol–water partition coefficient (Wildman–Crippen LogP) is 1.61. The van der Waals surface area contributed by atoms with E-state index >= 15 is 0 Å². The highest BCUT2D eigenvalue weighted by molar-refractivity contribution is 4.94. The molecule has 1 spiro atoms. The summed E-state index contributed by atoms with van der Waals surface area (Å²) in [6.45, 7) is 3.81. The fourth-order valence-corrected chi connectivity index (χ4v) is 2.92. The Morgan fingerprint density at radius 1 is 1.08 bits per heavy atom. The van der Waals surface area contributed by atoms with Gasteiger partial charge in [-0.15, -0.1) is 0 Å². The molecule has 2 rings (SSSR count). The second kappa shape index (κ2) is 3.97. The number of hydrogen-bond donors (Lipinski definition) is 1. The minimum Gasteiger partial charge on any atom is -0.310 e. The van der Waals surface area contributed by atoms with Crippen molar-refractivity contribution in [3.8, 4) is 0 Å². The van der Waals surface area contributed by atoms with Crippen LogP contribution >= 0.6 is 0 Å². The van der Waals surface area contributed by atoms with Gasteiger partial charge in [0.25, 0.3) is 0 Å². The number of likely N-dealkylation sites (tertiary alicyclic amines) is 1. The minimum absolute atomic E-state index is 0.490. The average molecular weight is 182 g/mol. The zero-order valence-electron chi connectivity index (χ0n) is 8.81. The molecule has 2 aliphatic heterocycles. The second-order valence-electron chi connectivity index (χ2n) is 4.86. The van der Waals surface area contributed by atoms with Gasteiger partial charge in [-0.1, -0.05) is 12.8 Å². The van der Waals surface area contributed by atoms with E-state index < -0.39 is 0 Å². The molecule has 76 valence electrons. The highest BCUT2D eigenvalue weighted by Crippen LogP contribution is 2.27. The first-order chi connectivity index (χ1) is 6.31. The van der Waals surface area contributed by atoms with Crippen LogP contribution in [0.4, 0.5) is 0 Å². The number of rotatable bonds is 0. The summed E-state index contributed by atoms with van der Waals surface area (Å²) in [7, 11) is 2.26. The maximum Gasteiger partial charge on any atom is 0.0309 e. The fraction of sp³-hybridized carbons (Fsp3) is 1.00. The van der Waals surface area contributed by atoms with Crippen molar-refractivity contribution in [1.29, 1.82) is 0 Å². The molecule has 2 nitrogen and oxygen atoms in total. The Morgan fingerprint density at radius 2 is 1.92 bits per heavy atom. The van der Waals surface area contributed by atoms with Crippen LogP contribution in [0.5, 0.6) is 0 Å². The Balaban J connectivity index is 1.99. The lowest BCUT2D eigenvalue weighted by molar-refractivity contribution is 0.140. The van der Waals surface area contributed by atoms with Gasteiger partial charge in [0.15, 0.2) is 0 Å². The topological polar surface area (TPSA) is 15.3 Å². The Bertz CT molecular complexity index is 159. The van der Waals surface area contributed by atoms with E-state index in [0.717, 1.165) is 0 Å². The van der Waals surface area contributed by atoms with E-state index in [1.807, 2.05) is 0 Å². The zero-order valence-corrected chi connectivity index (χ0v) is 8.81. The van der Waals surface area contributed by atoms with Crippen LogP contribution in [0.2, 0.25) is 0 Å². The first-order valence-electron chi connectivity index (χ1n) is 5.74. The van der Waals surface area contributed by atoms with Crippen molar-refractivity contribution < 1.29 is 0 Å². The van der Waals surface area contributed by atoms with Crippen LogP contribution in [0.25, 0.3) is 0 Å². The van der Waals surface area contributed by atoms with Gasteiger partial charge in [0.05, 0.1) is 0 Å². The largest absolute Gasteiger partial charge is 0.310 e. The quantitative estimate of drug-likeness (QED) is 0.612. The van der Waals surface area contributed by atoms with Crippen LogP contribution in [0, 0.1) is 0 Å². The summed E-state index contributed by atoms with van der Waals surface area (Å²) in [5.41, 5.74) is 0.490. The average Bonchev–Trinajstić information content (AvgIpc) is 2.31. The number of nitrogens with zero attached hydrogens (tertiary/aromatic N) is 1. The Labute approximate surface area is 81.7 Å². The van der Waals surface area contributed by atoms with Crippen LogP contribution < -0.4 is 5.32 Å². The molecule has 1 atom stereocenters. The molecule has 0 aromatic rings. The summed E-state index contributed by atoms with van der Waals surface area (Å²) in [5.74, 6) is 0. The molecule has 2 aliphatic rings. The third kappa shape index (κ3) is 2.23. The molecule has 0 aromatic heterocycles. The standard InChI is InChI=1S/C11H22N2/c1-13-9-5-7-11(10-13)6-3-2-4-8-12-11/h12H,2-10H2,1H3. The van der Waals surface area contributed by atoms with Gasteiger partial charge in [-0.2, -0.15) is 0 Å². The molecule has 2 saturated heterocycles. The van der Waals surface area contributed by atoms with Crippen molar-refractivity contribution in [3.63, 3.8) is 0 Å². The van der Waals surface area contributed by atoms with Crippen LogP contribution in [-0.4, -0.2) is 37.1 Å². The van der Waals surface area contributed by atoms with Crippen LogP contribution in [0.1, 0.15) is 38.5 Å². The SMILES string of the molecule is CN1CCCC2(CCCCCN2)C1. The molecule has 0 aliphatic carbocycles. The smallest absolute Gasteiger partial charge is 0.0309 e. The van der Waals surface area contributed by atoms with Gasteiger partial charge in [-0.05, 0) is 45.8 Å². The van der Waals surface area contributed by atoms with E-state index in [1.165, 1.54) is 58.2 Å². The molecule has 0 bridgehead atoms. The van der Waals surface area contributed by atoms with Gasteiger partial charge in [0.1, 0.15) is 0 Å². The van der Waals surface area contributed by atoms with Gasteiger partial charge in [0, 0.05) is 12.1 Å². The highest BCUT2D eigenvalue weighted by atomic mass is 15.2. The summed E-state index contributed by atoms with van der Waals surface area (Å²) in [5, 5.41) is 3.79. The van der Waals surface area contributed by atoms with E-state index in [2.05, 4.69) is 17.3 Å². The van der Waals surface area contributed by atoms with Crippen LogP contribution in [-0.2, 0) is 0 Å². The van der Waals surface area contributed by atoms with Gasteiger partial charge in [-0.3, -0.25) is 0 Å². The van der Waals surface area contributed by atoms with E-state index in [-0.39, 0.29) is 0 Å². The maximum absolute atomic E-state index is 3.79. The summed E-state index contributed by atoms with van der Waals surface area (Å²) < 4.78 is 0. The lowest BCUT2D eigenvalue weighted by atomic mass is 9.85. The molecule has 0 aromatic carbocycles. The molecule has 0 amide bonds. The van der Waals surface area contributed by atoms with Gasteiger partial charge in [-0.25, -0.2) is 0 Å². The fourth-order valence-electron chi connectivity index (χ4n) is 2.92. The molecule has 2 heterocycles. The van der Waals surface area contributed by atoms with Crippen LogP contribution in [0.15, 0.2) is 0 Å². The molecule has 1 unspecified atom stereocenters. The third-order valence-corrected chi connectivity index (χ3v) is 3.60. The van der Waals surface area contributed by atoms with Gasteiger partial charge in [0.2, 0.25) is 0 Å². The van der Waals surface area contributed by atoms with Crippen molar-refractivity contribution in [3.05, 3.63) is 0 Å². The molecule has 0 saturated carbocycles. The minimum atomic E-state index is 0.490. The van der Waals surface area contributed by atoms with E-state index in [1.54, 1.807) is 0 Å². The normalized spacial score (nSPS) is 37.6. The molecular formula is C11H22N2. The van der Waals surface area contributed by atoms with Crippen molar-refractivity contribution in [1.82, 2.24) is 10.2 Å². The first kappa shape index (κ1) is 9.47. The Morgan fingerprint density at radius 3 is 2.77 bits per heavy atom. The number of nitrogens with one attached hydrogen (secondary N) is 1. The number of hydrogen-bond acceptors (Lipinski definition) is 2. The predicted molar refractivity (Wildman–Crippen MR) is 55.9 cm³/mol. The molecule has 1 N–H and O–H groups in total. The second-order valence-corrected chi connectivity index (χ2v) is 4.86. The van der Waals surface area contributed by atoms with E-state index in [9.17, 15) is 0 Å².